The molecular formula is C14H14BrFN2OS. The molecule has 0 amide bonds. The standard InChI is InChI=1S/C14H14BrFN2OS/c1-19-13-5-4-9(7-11(13)16)12(17)8-20-14-10(15)3-2-6-18-14/h2-7,12H,8,17H2,1H3. The predicted octanol–water partition coefficient (Wildman–Crippen LogP) is 3.78. The van der Waals surface area contributed by atoms with E-state index < -0.39 is 5.82 Å². The van der Waals surface area contributed by atoms with Gasteiger partial charge in [0.2, 0.25) is 0 Å². The number of hydrogen-bond donors (Lipinski definition) is 1. The molecule has 0 radical (unpaired) electrons. The Morgan fingerprint density at radius 2 is 2.25 bits per heavy atom. The van der Waals surface area contributed by atoms with Crippen molar-refractivity contribution in [2.75, 3.05) is 12.9 Å². The summed E-state index contributed by atoms with van der Waals surface area (Å²) in [5.74, 6) is 0.437. The average molecular weight is 357 g/mol. The van der Waals surface area contributed by atoms with Gasteiger partial charge in [-0.05, 0) is 45.8 Å². The number of hydrogen-bond acceptors (Lipinski definition) is 4. The molecular weight excluding hydrogens is 343 g/mol. The highest BCUT2D eigenvalue weighted by molar-refractivity contribution is 9.10. The molecule has 0 saturated heterocycles. The number of aromatic nitrogens is 1. The molecule has 1 unspecified atom stereocenters. The second-order valence-corrected chi connectivity index (χ2v) is 5.96. The summed E-state index contributed by atoms with van der Waals surface area (Å²) in [5.41, 5.74) is 6.82. The lowest BCUT2D eigenvalue weighted by molar-refractivity contribution is 0.386. The SMILES string of the molecule is COc1ccc(C(N)CSc2ncccc2Br)cc1F. The molecule has 2 rings (SSSR count). The zero-order valence-corrected chi connectivity index (χ0v) is 13.2. The molecule has 0 aliphatic rings. The summed E-state index contributed by atoms with van der Waals surface area (Å²) in [5, 5.41) is 0.872. The molecule has 2 N–H and O–H groups in total. The lowest BCUT2D eigenvalue weighted by Crippen LogP contribution is -2.13. The second-order valence-electron chi connectivity index (χ2n) is 4.10. The Morgan fingerprint density at radius 3 is 2.90 bits per heavy atom. The first-order valence-electron chi connectivity index (χ1n) is 5.94. The van der Waals surface area contributed by atoms with E-state index >= 15 is 0 Å². The minimum Gasteiger partial charge on any atom is -0.494 e. The molecule has 3 nitrogen and oxygen atoms in total. The number of halogens is 2. The zero-order chi connectivity index (χ0) is 14.5. The molecule has 6 heteroatoms. The van der Waals surface area contributed by atoms with Crippen molar-refractivity contribution < 1.29 is 9.13 Å². The van der Waals surface area contributed by atoms with Crippen LogP contribution in [0.5, 0.6) is 5.75 Å². The first-order chi connectivity index (χ1) is 9.61. The number of pyridine rings is 1. The number of nitrogens with two attached hydrogens (primary N) is 1. The lowest BCUT2D eigenvalue weighted by atomic mass is 10.1. The van der Waals surface area contributed by atoms with Crippen molar-refractivity contribution in [3.63, 3.8) is 0 Å². The van der Waals surface area contributed by atoms with E-state index in [9.17, 15) is 4.39 Å². The van der Waals surface area contributed by atoms with Crippen LogP contribution in [0.4, 0.5) is 4.39 Å². The van der Waals surface area contributed by atoms with Crippen molar-refractivity contribution in [3.05, 3.63) is 52.4 Å². The Labute approximate surface area is 129 Å². The number of methoxy groups -OCH3 is 1. The van der Waals surface area contributed by atoms with Gasteiger partial charge in [-0.3, -0.25) is 0 Å². The van der Waals surface area contributed by atoms with E-state index in [4.69, 9.17) is 10.5 Å². The van der Waals surface area contributed by atoms with Gasteiger partial charge in [-0.25, -0.2) is 9.37 Å². The fraction of sp³-hybridized carbons (Fsp3) is 0.214. The normalized spacial score (nSPS) is 12.2. The van der Waals surface area contributed by atoms with Gasteiger partial charge in [0.1, 0.15) is 5.03 Å². The summed E-state index contributed by atoms with van der Waals surface area (Å²) >= 11 is 4.96. The number of benzene rings is 1. The maximum atomic E-state index is 13.6. The first kappa shape index (κ1) is 15.3. The van der Waals surface area contributed by atoms with Gasteiger partial charge in [0.25, 0.3) is 0 Å². The smallest absolute Gasteiger partial charge is 0.165 e. The summed E-state index contributed by atoms with van der Waals surface area (Å²) in [6.45, 7) is 0. The lowest BCUT2D eigenvalue weighted by Gasteiger charge is -2.13. The van der Waals surface area contributed by atoms with Crippen LogP contribution in [0.2, 0.25) is 0 Å². The van der Waals surface area contributed by atoms with Crippen LogP contribution in [0.15, 0.2) is 46.0 Å². The van der Waals surface area contributed by atoms with Crippen molar-refractivity contribution >= 4 is 27.7 Å². The van der Waals surface area contributed by atoms with Gasteiger partial charge in [0, 0.05) is 22.5 Å². The Hall–Kier alpha value is -1.11. The topological polar surface area (TPSA) is 48.1 Å². The molecule has 0 fully saturated rings. The summed E-state index contributed by atoms with van der Waals surface area (Å²) in [7, 11) is 1.44. The van der Waals surface area contributed by atoms with Crippen LogP contribution in [0.3, 0.4) is 0 Å². The van der Waals surface area contributed by atoms with E-state index in [-0.39, 0.29) is 11.8 Å². The monoisotopic (exact) mass is 356 g/mol. The molecule has 1 atom stereocenters. The van der Waals surface area contributed by atoms with Crippen LogP contribution < -0.4 is 10.5 Å². The van der Waals surface area contributed by atoms with Crippen LogP contribution in [0.1, 0.15) is 11.6 Å². The van der Waals surface area contributed by atoms with E-state index in [2.05, 4.69) is 20.9 Å². The van der Waals surface area contributed by atoms with Gasteiger partial charge < -0.3 is 10.5 Å². The number of nitrogens with zero attached hydrogens (tertiary/aromatic N) is 1. The van der Waals surface area contributed by atoms with Gasteiger partial charge in [-0.15, -0.1) is 11.8 Å². The van der Waals surface area contributed by atoms with Crippen LogP contribution in [0.25, 0.3) is 0 Å². The minimum absolute atomic E-state index is 0.223. The van der Waals surface area contributed by atoms with Crippen LogP contribution >= 0.6 is 27.7 Å². The highest BCUT2D eigenvalue weighted by Crippen LogP contribution is 2.29. The fourth-order valence-electron chi connectivity index (χ4n) is 1.66. The molecule has 0 saturated carbocycles. The van der Waals surface area contributed by atoms with Gasteiger partial charge in [-0.1, -0.05) is 6.07 Å². The van der Waals surface area contributed by atoms with Crippen molar-refractivity contribution in [3.8, 4) is 5.75 Å². The maximum Gasteiger partial charge on any atom is 0.165 e. The van der Waals surface area contributed by atoms with Crippen LogP contribution in [0, 0.1) is 5.82 Å². The molecule has 0 aliphatic heterocycles. The summed E-state index contributed by atoms with van der Waals surface area (Å²) < 4.78 is 19.4. The molecule has 106 valence electrons. The molecule has 2 aromatic rings. The Balaban J connectivity index is 2.03. The molecule has 1 heterocycles. The molecule has 0 spiro atoms. The Kier molecular flexibility index (Phi) is 5.39. The third kappa shape index (κ3) is 3.71. The van der Waals surface area contributed by atoms with Crippen molar-refractivity contribution in [2.45, 2.75) is 11.1 Å². The molecule has 1 aromatic heterocycles. The van der Waals surface area contributed by atoms with E-state index in [1.54, 1.807) is 18.3 Å². The van der Waals surface area contributed by atoms with Gasteiger partial charge in [0.15, 0.2) is 11.6 Å². The Bertz CT molecular complexity index is 597. The average Bonchev–Trinajstić information content (AvgIpc) is 2.46. The second kappa shape index (κ2) is 7.06. The van der Waals surface area contributed by atoms with Crippen LogP contribution in [-0.4, -0.2) is 17.8 Å². The maximum absolute atomic E-state index is 13.6. The van der Waals surface area contributed by atoms with Crippen molar-refractivity contribution in [1.29, 1.82) is 0 Å². The zero-order valence-electron chi connectivity index (χ0n) is 10.8. The van der Waals surface area contributed by atoms with E-state index in [1.165, 1.54) is 24.9 Å². The predicted molar refractivity (Wildman–Crippen MR) is 82.5 cm³/mol. The third-order valence-electron chi connectivity index (χ3n) is 2.73. The van der Waals surface area contributed by atoms with Gasteiger partial charge in [0.05, 0.1) is 7.11 Å². The molecule has 20 heavy (non-hydrogen) atoms. The highest BCUT2D eigenvalue weighted by Gasteiger charge is 2.11. The quantitative estimate of drug-likeness (QED) is 0.828. The van der Waals surface area contributed by atoms with Crippen LogP contribution in [-0.2, 0) is 0 Å². The van der Waals surface area contributed by atoms with Gasteiger partial charge in [-0.2, -0.15) is 0 Å². The van der Waals surface area contributed by atoms with E-state index in [0.29, 0.717) is 5.75 Å². The number of rotatable bonds is 5. The molecule has 0 aliphatic carbocycles. The Morgan fingerprint density at radius 1 is 1.45 bits per heavy atom. The summed E-state index contributed by atoms with van der Waals surface area (Å²) in [6.07, 6.45) is 1.73. The number of thioether (sulfide) groups is 1. The van der Waals surface area contributed by atoms with Crippen molar-refractivity contribution in [2.24, 2.45) is 5.73 Å². The largest absolute Gasteiger partial charge is 0.494 e. The van der Waals surface area contributed by atoms with E-state index in [0.717, 1.165) is 15.1 Å². The summed E-state index contributed by atoms with van der Waals surface area (Å²) in [4.78, 5) is 4.26. The minimum atomic E-state index is -0.399. The van der Waals surface area contributed by atoms with E-state index in [1.807, 2.05) is 12.1 Å². The van der Waals surface area contributed by atoms with Gasteiger partial charge >= 0.3 is 0 Å². The summed E-state index contributed by atoms with van der Waals surface area (Å²) in [6, 6.07) is 8.29. The third-order valence-corrected chi connectivity index (χ3v) is 4.76. The number of ether oxygens (including phenoxy) is 1. The highest BCUT2D eigenvalue weighted by atomic mass is 79.9. The fourth-order valence-corrected chi connectivity index (χ4v) is 3.13. The molecule has 1 aromatic carbocycles. The van der Waals surface area contributed by atoms with Crippen molar-refractivity contribution in [1.82, 2.24) is 4.98 Å². The first-order valence-corrected chi connectivity index (χ1v) is 7.72. The molecule has 0 bridgehead atoms.